The zero-order valence-corrected chi connectivity index (χ0v) is 14.4. The summed E-state index contributed by atoms with van der Waals surface area (Å²) in [4.78, 5) is 15.8. The lowest BCUT2D eigenvalue weighted by Crippen LogP contribution is -2.47. The minimum atomic E-state index is -3.99. The Morgan fingerprint density at radius 1 is 1.22 bits per heavy atom. The van der Waals surface area contributed by atoms with E-state index in [4.69, 9.17) is 0 Å². The molecule has 1 N–H and O–H groups in total. The molecule has 1 saturated heterocycles. The van der Waals surface area contributed by atoms with Crippen LogP contribution in [0.5, 0.6) is 0 Å². The van der Waals surface area contributed by atoms with Gasteiger partial charge < -0.3 is 9.80 Å². The van der Waals surface area contributed by atoms with E-state index in [-0.39, 0.29) is 17.5 Å². The van der Waals surface area contributed by atoms with Gasteiger partial charge in [-0.15, -0.1) is 0 Å². The van der Waals surface area contributed by atoms with Crippen LogP contribution in [0.4, 0.5) is 4.39 Å². The first kappa shape index (κ1) is 17.8. The summed E-state index contributed by atoms with van der Waals surface area (Å²) in [5.74, 6) is -1.15. The SMILES string of the molecule is CC(C)NS(=O)(=O)c1cc(C(=O)N2CCN(C)CC2)ccc1F. The Hall–Kier alpha value is -1.51. The van der Waals surface area contributed by atoms with Gasteiger partial charge >= 0.3 is 0 Å². The van der Waals surface area contributed by atoms with Crippen LogP contribution in [0.2, 0.25) is 0 Å². The largest absolute Gasteiger partial charge is 0.336 e. The number of hydrogen-bond acceptors (Lipinski definition) is 4. The van der Waals surface area contributed by atoms with Crippen molar-refractivity contribution in [3.63, 3.8) is 0 Å². The predicted octanol–water partition coefficient (Wildman–Crippen LogP) is 0.900. The van der Waals surface area contributed by atoms with Crippen molar-refractivity contribution in [2.75, 3.05) is 33.2 Å². The minimum absolute atomic E-state index is 0.181. The van der Waals surface area contributed by atoms with Gasteiger partial charge in [0.25, 0.3) is 5.91 Å². The molecule has 1 aromatic rings. The second-order valence-corrected chi connectivity index (χ2v) is 7.70. The minimum Gasteiger partial charge on any atom is -0.336 e. The predicted molar refractivity (Wildman–Crippen MR) is 85.3 cm³/mol. The van der Waals surface area contributed by atoms with E-state index in [1.54, 1.807) is 18.7 Å². The average Bonchev–Trinajstić information content (AvgIpc) is 2.46. The van der Waals surface area contributed by atoms with Crippen LogP contribution in [-0.4, -0.2) is 63.4 Å². The van der Waals surface area contributed by atoms with Crippen LogP contribution in [0.1, 0.15) is 24.2 Å². The van der Waals surface area contributed by atoms with E-state index in [0.29, 0.717) is 13.1 Å². The van der Waals surface area contributed by atoms with Crippen LogP contribution in [0.25, 0.3) is 0 Å². The normalized spacial score (nSPS) is 16.8. The van der Waals surface area contributed by atoms with Crippen molar-refractivity contribution in [1.82, 2.24) is 14.5 Å². The second kappa shape index (κ2) is 6.94. The number of nitrogens with one attached hydrogen (secondary N) is 1. The first-order valence-corrected chi connectivity index (χ1v) is 8.98. The molecule has 6 nitrogen and oxygen atoms in total. The molecule has 0 bridgehead atoms. The molecule has 1 fully saturated rings. The maximum Gasteiger partial charge on any atom is 0.253 e. The summed E-state index contributed by atoms with van der Waals surface area (Å²) in [6.45, 7) is 5.95. The molecule has 0 spiro atoms. The maximum atomic E-state index is 13.9. The van der Waals surface area contributed by atoms with Crippen LogP contribution >= 0.6 is 0 Å². The quantitative estimate of drug-likeness (QED) is 0.882. The van der Waals surface area contributed by atoms with Crippen LogP contribution < -0.4 is 4.72 Å². The van der Waals surface area contributed by atoms with Gasteiger partial charge in [0.2, 0.25) is 10.0 Å². The number of likely N-dealkylation sites (N-methyl/N-ethyl adjacent to an activating group) is 1. The van der Waals surface area contributed by atoms with Gasteiger partial charge in [-0.05, 0) is 39.1 Å². The average molecular weight is 343 g/mol. The summed E-state index contributed by atoms with van der Waals surface area (Å²) >= 11 is 0. The Bertz CT molecular complexity index is 683. The molecule has 0 unspecified atom stereocenters. The highest BCUT2D eigenvalue weighted by molar-refractivity contribution is 7.89. The summed E-state index contributed by atoms with van der Waals surface area (Å²) in [5.41, 5.74) is 0.181. The highest BCUT2D eigenvalue weighted by atomic mass is 32.2. The van der Waals surface area contributed by atoms with Crippen molar-refractivity contribution in [3.8, 4) is 0 Å². The van der Waals surface area contributed by atoms with E-state index in [2.05, 4.69) is 9.62 Å². The highest BCUT2D eigenvalue weighted by Gasteiger charge is 2.25. The number of sulfonamides is 1. The number of nitrogens with zero attached hydrogens (tertiary/aromatic N) is 2. The summed E-state index contributed by atoms with van der Waals surface area (Å²) in [7, 11) is -2.02. The number of benzene rings is 1. The van der Waals surface area contributed by atoms with Crippen molar-refractivity contribution in [2.24, 2.45) is 0 Å². The molecule has 128 valence electrons. The zero-order chi connectivity index (χ0) is 17.2. The Kier molecular flexibility index (Phi) is 5.38. The van der Waals surface area contributed by atoms with Gasteiger partial charge in [-0.1, -0.05) is 0 Å². The molecule has 0 radical (unpaired) electrons. The summed E-state index contributed by atoms with van der Waals surface area (Å²) in [6, 6.07) is 3.10. The molecule has 1 aromatic carbocycles. The molecule has 1 amide bonds. The molecular weight excluding hydrogens is 321 g/mol. The van der Waals surface area contributed by atoms with Crippen molar-refractivity contribution >= 4 is 15.9 Å². The molecule has 0 aliphatic carbocycles. The summed E-state index contributed by atoms with van der Waals surface area (Å²) in [5, 5.41) is 0. The topological polar surface area (TPSA) is 69.7 Å². The Morgan fingerprint density at radius 2 is 1.83 bits per heavy atom. The maximum absolute atomic E-state index is 13.9. The molecule has 0 atom stereocenters. The number of carbonyl (C=O) groups excluding carboxylic acids is 1. The molecule has 23 heavy (non-hydrogen) atoms. The molecule has 1 aliphatic rings. The fraction of sp³-hybridized carbons (Fsp3) is 0.533. The fourth-order valence-electron chi connectivity index (χ4n) is 2.41. The van der Waals surface area contributed by atoms with Crippen LogP contribution in [0.3, 0.4) is 0 Å². The van der Waals surface area contributed by atoms with Gasteiger partial charge in [0.15, 0.2) is 0 Å². The Morgan fingerprint density at radius 3 is 2.39 bits per heavy atom. The van der Waals surface area contributed by atoms with Crippen LogP contribution in [0, 0.1) is 5.82 Å². The van der Waals surface area contributed by atoms with Gasteiger partial charge in [-0.2, -0.15) is 0 Å². The number of rotatable bonds is 4. The Labute approximate surface area is 136 Å². The summed E-state index contributed by atoms with van der Waals surface area (Å²) < 4.78 is 40.6. The third-order valence-electron chi connectivity index (χ3n) is 3.65. The smallest absolute Gasteiger partial charge is 0.253 e. The highest BCUT2D eigenvalue weighted by Crippen LogP contribution is 2.18. The zero-order valence-electron chi connectivity index (χ0n) is 13.5. The van der Waals surface area contributed by atoms with Crippen molar-refractivity contribution in [2.45, 2.75) is 24.8 Å². The summed E-state index contributed by atoms with van der Waals surface area (Å²) in [6.07, 6.45) is 0. The van der Waals surface area contributed by atoms with Crippen LogP contribution in [-0.2, 0) is 10.0 Å². The number of amides is 1. The van der Waals surface area contributed by atoms with Gasteiger partial charge in [0, 0.05) is 37.8 Å². The molecule has 8 heteroatoms. The molecule has 0 aromatic heterocycles. The van der Waals surface area contributed by atoms with Gasteiger partial charge in [-0.25, -0.2) is 17.5 Å². The first-order valence-electron chi connectivity index (χ1n) is 7.50. The second-order valence-electron chi connectivity index (χ2n) is 6.02. The third kappa shape index (κ3) is 4.27. The van der Waals surface area contributed by atoms with Crippen LogP contribution in [0.15, 0.2) is 23.1 Å². The van der Waals surface area contributed by atoms with Crippen molar-refractivity contribution in [3.05, 3.63) is 29.6 Å². The molecule has 0 saturated carbocycles. The Balaban J connectivity index is 2.28. The van der Waals surface area contributed by atoms with E-state index < -0.39 is 20.7 Å². The number of carbonyl (C=O) groups is 1. The van der Waals surface area contributed by atoms with E-state index in [0.717, 1.165) is 25.2 Å². The molecule has 1 heterocycles. The lowest BCUT2D eigenvalue weighted by Gasteiger charge is -2.32. The van der Waals surface area contributed by atoms with Gasteiger partial charge in [0.1, 0.15) is 10.7 Å². The lowest BCUT2D eigenvalue weighted by molar-refractivity contribution is 0.0664. The lowest BCUT2D eigenvalue weighted by atomic mass is 10.2. The van der Waals surface area contributed by atoms with E-state index in [1.165, 1.54) is 6.07 Å². The first-order chi connectivity index (χ1) is 10.7. The van der Waals surface area contributed by atoms with Gasteiger partial charge in [-0.3, -0.25) is 4.79 Å². The molecule has 1 aliphatic heterocycles. The molecule has 2 rings (SSSR count). The number of halogens is 1. The van der Waals surface area contributed by atoms with E-state index >= 15 is 0 Å². The van der Waals surface area contributed by atoms with Crippen molar-refractivity contribution < 1.29 is 17.6 Å². The number of piperazine rings is 1. The fourth-order valence-corrected chi connectivity index (χ4v) is 3.76. The molecular formula is C15H22FN3O3S. The van der Waals surface area contributed by atoms with E-state index in [9.17, 15) is 17.6 Å². The van der Waals surface area contributed by atoms with E-state index in [1.807, 2.05) is 7.05 Å². The van der Waals surface area contributed by atoms with Gasteiger partial charge in [0.05, 0.1) is 0 Å². The standard InChI is InChI=1S/C15H22FN3O3S/c1-11(2)17-23(21,22)14-10-12(4-5-13(14)16)15(20)19-8-6-18(3)7-9-19/h4-5,10-11,17H,6-9H2,1-3H3. The number of hydrogen-bond donors (Lipinski definition) is 1. The third-order valence-corrected chi connectivity index (χ3v) is 5.32. The monoisotopic (exact) mass is 343 g/mol. The van der Waals surface area contributed by atoms with Crippen molar-refractivity contribution in [1.29, 1.82) is 0 Å².